The molecule has 0 aliphatic carbocycles. The average molecular weight is 332 g/mol. The maximum Gasteiger partial charge on any atom is 0.469 e. The molecule has 6 N–H and O–H groups in total. The average Bonchev–Trinajstić information content (AvgIpc) is 2.39. The lowest BCUT2D eigenvalue weighted by Gasteiger charge is -2.36. The van der Waals surface area contributed by atoms with Gasteiger partial charge < -0.3 is 34.9 Å². The van der Waals surface area contributed by atoms with Gasteiger partial charge in [-0.15, -0.1) is 0 Å². The molecule has 0 radical (unpaired) electrons. The quantitative estimate of drug-likeness (QED) is 0.257. The molecule has 0 aromatic heterocycles. The fourth-order valence-corrected chi connectivity index (χ4v) is 2.10. The summed E-state index contributed by atoms with van der Waals surface area (Å²) >= 11 is 0. The van der Waals surface area contributed by atoms with Crippen LogP contribution in [0, 0.1) is 0 Å². The molecular formula is C10H21O10P. The number of rotatable bonds is 10. The van der Waals surface area contributed by atoms with Gasteiger partial charge in [0.2, 0.25) is 0 Å². The molecule has 21 heavy (non-hydrogen) atoms. The lowest BCUT2D eigenvalue weighted by molar-refractivity contribution is -0.204. The van der Waals surface area contributed by atoms with E-state index in [-0.39, 0.29) is 13.0 Å². The van der Waals surface area contributed by atoms with Crippen molar-refractivity contribution in [2.45, 2.75) is 44.2 Å². The Bertz CT molecular complexity index is 382. The molecule has 0 aliphatic rings. The number of carboxylic acid groups (broad SMARTS) is 1. The van der Waals surface area contributed by atoms with Crippen LogP contribution in [0.15, 0.2) is 0 Å². The Kier molecular flexibility index (Phi) is 7.93. The van der Waals surface area contributed by atoms with Gasteiger partial charge >= 0.3 is 13.8 Å². The minimum Gasteiger partial charge on any atom is -0.479 e. The number of carboxylic acids is 1. The van der Waals surface area contributed by atoms with Gasteiger partial charge in [-0.3, -0.25) is 4.52 Å². The lowest BCUT2D eigenvalue weighted by atomic mass is 9.87. The fraction of sp³-hybridized carbons (Fsp3) is 0.900. The summed E-state index contributed by atoms with van der Waals surface area (Å²) in [5, 5.41) is 38.4. The third-order valence-electron chi connectivity index (χ3n) is 2.90. The molecule has 10 nitrogen and oxygen atoms in total. The predicted octanol–water partition coefficient (Wildman–Crippen LogP) is -1.55. The van der Waals surface area contributed by atoms with Crippen molar-refractivity contribution in [3.8, 4) is 0 Å². The van der Waals surface area contributed by atoms with Crippen LogP contribution >= 0.6 is 7.82 Å². The molecule has 0 saturated heterocycles. The minimum atomic E-state index is -4.87. The molecule has 0 aromatic carbocycles. The summed E-state index contributed by atoms with van der Waals surface area (Å²) in [6, 6.07) is 0. The van der Waals surface area contributed by atoms with Crippen molar-refractivity contribution < 1.29 is 48.8 Å². The fourth-order valence-electron chi connectivity index (χ4n) is 1.75. The number of aliphatic hydroxyl groups excluding tert-OH is 3. The van der Waals surface area contributed by atoms with Gasteiger partial charge in [-0.2, -0.15) is 0 Å². The van der Waals surface area contributed by atoms with Crippen molar-refractivity contribution in [3.05, 3.63) is 0 Å². The van der Waals surface area contributed by atoms with E-state index in [1.165, 1.54) is 13.8 Å². The van der Waals surface area contributed by atoms with Crippen LogP contribution in [0.25, 0.3) is 0 Å². The standard InChI is InChI=1S/C10H21O10P/c1-3-10(9(14)15,19-4-2)8(13)7(12)6(11)5-20-21(16,17)18/h6-8,11-13H,3-5H2,1-2H3,(H,14,15)(H2,16,17,18)/t6?,7?,8?,10-/m1/s1. The molecule has 0 aromatic rings. The van der Waals surface area contributed by atoms with E-state index in [2.05, 4.69) is 4.52 Å². The first-order valence-electron chi connectivity index (χ1n) is 6.13. The van der Waals surface area contributed by atoms with Crippen LogP contribution in [0.5, 0.6) is 0 Å². The number of hydrogen-bond acceptors (Lipinski definition) is 7. The zero-order valence-corrected chi connectivity index (χ0v) is 12.5. The molecule has 4 atom stereocenters. The molecule has 0 amide bonds. The van der Waals surface area contributed by atoms with Gasteiger partial charge in [-0.25, -0.2) is 9.36 Å². The molecule has 0 rings (SSSR count). The minimum absolute atomic E-state index is 0.0704. The largest absolute Gasteiger partial charge is 0.479 e. The van der Waals surface area contributed by atoms with Gasteiger partial charge in [-0.05, 0) is 13.3 Å². The normalized spacial score (nSPS) is 19.6. The van der Waals surface area contributed by atoms with Gasteiger partial charge in [0, 0.05) is 6.61 Å². The predicted molar refractivity (Wildman–Crippen MR) is 68.3 cm³/mol. The van der Waals surface area contributed by atoms with E-state index in [1.807, 2.05) is 0 Å². The maximum absolute atomic E-state index is 11.3. The van der Waals surface area contributed by atoms with Gasteiger partial charge in [0.15, 0.2) is 5.60 Å². The Morgan fingerprint density at radius 2 is 1.76 bits per heavy atom. The zero-order chi connectivity index (χ0) is 16.8. The number of ether oxygens (including phenoxy) is 1. The van der Waals surface area contributed by atoms with Crippen LogP contribution < -0.4 is 0 Å². The third-order valence-corrected chi connectivity index (χ3v) is 3.38. The number of hydrogen-bond donors (Lipinski definition) is 6. The molecule has 3 unspecified atom stereocenters. The van der Waals surface area contributed by atoms with Crippen molar-refractivity contribution in [2.75, 3.05) is 13.2 Å². The summed E-state index contributed by atoms with van der Waals surface area (Å²) in [5.41, 5.74) is -2.16. The second-order valence-electron chi connectivity index (χ2n) is 4.27. The van der Waals surface area contributed by atoms with E-state index < -0.39 is 44.3 Å². The molecule has 0 saturated carbocycles. The van der Waals surface area contributed by atoms with Gasteiger partial charge in [0.25, 0.3) is 0 Å². The van der Waals surface area contributed by atoms with Gasteiger partial charge in [-0.1, -0.05) is 6.92 Å². The Morgan fingerprint density at radius 1 is 1.24 bits per heavy atom. The highest BCUT2D eigenvalue weighted by Crippen LogP contribution is 2.36. The topological polar surface area (TPSA) is 174 Å². The van der Waals surface area contributed by atoms with Crippen molar-refractivity contribution in [1.82, 2.24) is 0 Å². The molecule has 0 spiro atoms. The first kappa shape index (κ1) is 20.4. The molecular weight excluding hydrogens is 311 g/mol. The molecule has 11 heteroatoms. The van der Waals surface area contributed by atoms with Crippen molar-refractivity contribution in [2.24, 2.45) is 0 Å². The van der Waals surface area contributed by atoms with Crippen LogP contribution in [-0.4, -0.2) is 73.3 Å². The van der Waals surface area contributed by atoms with Gasteiger partial charge in [0.1, 0.15) is 18.3 Å². The van der Waals surface area contributed by atoms with Crippen LogP contribution in [0.4, 0.5) is 0 Å². The summed E-state index contributed by atoms with van der Waals surface area (Å²) in [7, 11) is -4.87. The van der Waals surface area contributed by atoms with E-state index in [4.69, 9.17) is 14.5 Å². The first-order chi connectivity index (χ1) is 9.51. The second-order valence-corrected chi connectivity index (χ2v) is 5.51. The van der Waals surface area contributed by atoms with E-state index >= 15 is 0 Å². The monoisotopic (exact) mass is 332 g/mol. The maximum atomic E-state index is 11.3. The van der Waals surface area contributed by atoms with E-state index in [9.17, 15) is 29.8 Å². The van der Waals surface area contributed by atoms with E-state index in [1.54, 1.807) is 0 Å². The van der Waals surface area contributed by atoms with E-state index in [0.29, 0.717) is 0 Å². The van der Waals surface area contributed by atoms with Crippen LogP contribution in [0.1, 0.15) is 20.3 Å². The molecule has 126 valence electrons. The smallest absolute Gasteiger partial charge is 0.469 e. The summed E-state index contributed by atoms with van der Waals surface area (Å²) in [6.45, 7) is 1.82. The molecule has 0 aliphatic heterocycles. The highest BCUT2D eigenvalue weighted by molar-refractivity contribution is 7.46. The highest BCUT2D eigenvalue weighted by atomic mass is 31.2. The number of carbonyl (C=O) groups is 1. The second kappa shape index (κ2) is 8.16. The summed E-state index contributed by atoms with van der Waals surface area (Å²) in [4.78, 5) is 28.3. The van der Waals surface area contributed by atoms with Crippen LogP contribution in [-0.2, 0) is 18.6 Å². The lowest BCUT2D eigenvalue weighted by Crippen LogP contribution is -2.59. The Balaban J connectivity index is 5.04. The van der Waals surface area contributed by atoms with Crippen LogP contribution in [0.3, 0.4) is 0 Å². The highest BCUT2D eigenvalue weighted by Gasteiger charge is 2.50. The first-order valence-corrected chi connectivity index (χ1v) is 7.66. The van der Waals surface area contributed by atoms with Crippen LogP contribution in [0.2, 0.25) is 0 Å². The SMILES string of the molecule is CCO[C@@](CC)(C(=O)O)C(O)C(O)C(O)COP(=O)(O)O. The van der Waals surface area contributed by atoms with E-state index in [0.717, 1.165) is 0 Å². The van der Waals surface area contributed by atoms with Crippen molar-refractivity contribution in [1.29, 1.82) is 0 Å². The number of aliphatic hydroxyl groups is 3. The van der Waals surface area contributed by atoms with Crippen molar-refractivity contribution >= 4 is 13.8 Å². The molecule has 0 bridgehead atoms. The Labute approximate surface area is 121 Å². The summed E-state index contributed by atoms with van der Waals surface area (Å²) in [5.74, 6) is -1.54. The summed E-state index contributed by atoms with van der Waals surface area (Å²) < 4.78 is 19.5. The van der Waals surface area contributed by atoms with Crippen molar-refractivity contribution in [3.63, 3.8) is 0 Å². The zero-order valence-electron chi connectivity index (χ0n) is 11.6. The number of aliphatic carboxylic acids is 1. The summed E-state index contributed by atoms with van der Waals surface area (Å²) in [6.07, 6.45) is -6.20. The third kappa shape index (κ3) is 5.61. The molecule has 0 fully saturated rings. The Hall–Kier alpha value is -0.580. The number of phosphoric ester groups is 1. The Morgan fingerprint density at radius 3 is 2.10 bits per heavy atom. The number of phosphoric acid groups is 1. The van der Waals surface area contributed by atoms with Gasteiger partial charge in [0.05, 0.1) is 6.61 Å². The molecule has 0 heterocycles.